The number of amides is 2. The lowest BCUT2D eigenvalue weighted by atomic mass is 10.1. The molecule has 3 rings (SSSR count). The molecule has 31 heavy (non-hydrogen) atoms. The first-order valence-electron chi connectivity index (χ1n) is 9.76. The van der Waals surface area contributed by atoms with Crippen molar-refractivity contribution < 1.29 is 22.7 Å². The van der Waals surface area contributed by atoms with E-state index in [2.05, 4.69) is 11.9 Å². The molecule has 8 nitrogen and oxygen atoms in total. The Bertz CT molecular complexity index is 1110. The molecule has 0 spiro atoms. The van der Waals surface area contributed by atoms with Crippen molar-refractivity contribution in [3.05, 3.63) is 60.2 Å². The van der Waals surface area contributed by atoms with Gasteiger partial charge in [-0.05, 0) is 31.2 Å². The summed E-state index contributed by atoms with van der Waals surface area (Å²) in [4.78, 5) is 26.5. The van der Waals surface area contributed by atoms with Gasteiger partial charge in [-0.1, -0.05) is 24.8 Å². The first-order chi connectivity index (χ1) is 14.7. The van der Waals surface area contributed by atoms with Gasteiger partial charge in [0.05, 0.1) is 6.61 Å². The van der Waals surface area contributed by atoms with Crippen LogP contribution in [0.3, 0.4) is 0 Å². The Balaban J connectivity index is 1.71. The number of benzene rings is 2. The molecule has 2 aromatic rings. The highest BCUT2D eigenvalue weighted by Crippen LogP contribution is 2.32. The summed E-state index contributed by atoms with van der Waals surface area (Å²) in [6.07, 6.45) is 0.0295. The molecule has 0 aromatic heterocycles. The van der Waals surface area contributed by atoms with Gasteiger partial charge in [-0.3, -0.25) is 9.59 Å². The monoisotopic (exact) mass is 443 g/mol. The van der Waals surface area contributed by atoms with Crippen LogP contribution in [0.1, 0.15) is 29.3 Å². The van der Waals surface area contributed by atoms with Crippen molar-refractivity contribution >= 4 is 33.2 Å². The Labute approximate surface area is 182 Å². The minimum Gasteiger partial charge on any atom is -0.492 e. The number of carbonyl (C=O) groups is 2. The summed E-state index contributed by atoms with van der Waals surface area (Å²) < 4.78 is 31.8. The van der Waals surface area contributed by atoms with E-state index in [0.29, 0.717) is 23.6 Å². The van der Waals surface area contributed by atoms with Crippen LogP contribution >= 0.6 is 0 Å². The maximum absolute atomic E-state index is 12.6. The van der Waals surface area contributed by atoms with Crippen LogP contribution in [0.2, 0.25) is 0 Å². The number of fused-ring (bicyclic) bond motifs is 1. The predicted octanol–water partition coefficient (Wildman–Crippen LogP) is 2.79. The number of carbonyl (C=O) groups excluding carboxylic acids is 2. The van der Waals surface area contributed by atoms with Crippen LogP contribution in [0.4, 0.5) is 5.69 Å². The number of anilines is 1. The zero-order valence-corrected chi connectivity index (χ0v) is 18.5. The number of rotatable bonds is 8. The van der Waals surface area contributed by atoms with Crippen molar-refractivity contribution in [3.8, 4) is 5.75 Å². The quantitative estimate of drug-likeness (QED) is 0.677. The van der Waals surface area contributed by atoms with Crippen LogP contribution in [-0.4, -0.2) is 56.7 Å². The maximum atomic E-state index is 12.6. The Kier molecular flexibility index (Phi) is 6.47. The zero-order chi connectivity index (χ0) is 22.8. The lowest BCUT2D eigenvalue weighted by Crippen LogP contribution is -2.27. The van der Waals surface area contributed by atoms with E-state index in [9.17, 15) is 18.0 Å². The zero-order valence-electron chi connectivity index (χ0n) is 17.7. The molecule has 1 aliphatic heterocycles. The first kappa shape index (κ1) is 22.5. The molecule has 1 heterocycles. The summed E-state index contributed by atoms with van der Waals surface area (Å²) in [7, 11) is -0.916. The van der Waals surface area contributed by atoms with Gasteiger partial charge >= 0.3 is 0 Å². The lowest BCUT2D eigenvalue weighted by molar-refractivity contribution is -0.116. The average molecular weight is 444 g/mol. The van der Waals surface area contributed by atoms with Gasteiger partial charge in [-0.25, -0.2) is 12.7 Å². The number of hydrogen-bond donors (Lipinski definition) is 1. The predicted molar refractivity (Wildman–Crippen MR) is 118 cm³/mol. The second kappa shape index (κ2) is 8.91. The van der Waals surface area contributed by atoms with Crippen LogP contribution in [0, 0.1) is 0 Å². The first-order valence-corrected chi connectivity index (χ1v) is 11.2. The standard InChI is InChI=1S/C22H25N3O5S/c1-5-30-19-11-10-16(14-20(19)31(28,29)24(3)4)23-21(26)12-13-25-15(2)17-8-6-7-9-18(17)22(25)27/h6-11,14H,2,5,12-13H2,1,3-4H3,(H,23,26). The van der Waals surface area contributed by atoms with E-state index in [-0.39, 0.29) is 35.4 Å². The van der Waals surface area contributed by atoms with E-state index in [1.54, 1.807) is 25.1 Å². The van der Waals surface area contributed by atoms with Gasteiger partial charge in [-0.2, -0.15) is 0 Å². The van der Waals surface area contributed by atoms with Crippen molar-refractivity contribution in [2.24, 2.45) is 0 Å². The fourth-order valence-electron chi connectivity index (χ4n) is 3.27. The molecule has 0 aliphatic carbocycles. The molecule has 0 saturated heterocycles. The molecule has 0 bridgehead atoms. The van der Waals surface area contributed by atoms with Crippen molar-refractivity contribution in [2.45, 2.75) is 18.2 Å². The maximum Gasteiger partial charge on any atom is 0.258 e. The highest BCUT2D eigenvalue weighted by Gasteiger charge is 2.30. The molecular weight excluding hydrogens is 418 g/mol. The van der Waals surface area contributed by atoms with Gasteiger partial charge in [-0.15, -0.1) is 0 Å². The molecule has 1 aliphatic rings. The lowest BCUT2D eigenvalue weighted by Gasteiger charge is -2.18. The van der Waals surface area contributed by atoms with Gasteiger partial charge in [0.15, 0.2) is 0 Å². The Morgan fingerprint density at radius 1 is 1.16 bits per heavy atom. The van der Waals surface area contributed by atoms with Gasteiger partial charge in [0.2, 0.25) is 15.9 Å². The highest BCUT2D eigenvalue weighted by atomic mass is 32.2. The van der Waals surface area contributed by atoms with E-state index in [0.717, 1.165) is 9.87 Å². The van der Waals surface area contributed by atoms with E-state index in [4.69, 9.17) is 4.74 Å². The molecular formula is C22H25N3O5S. The van der Waals surface area contributed by atoms with Crippen LogP contribution in [0.5, 0.6) is 5.75 Å². The minimum absolute atomic E-state index is 0.0295. The Morgan fingerprint density at radius 2 is 1.84 bits per heavy atom. The fraction of sp³-hybridized carbons (Fsp3) is 0.273. The number of sulfonamides is 1. The molecule has 2 aromatic carbocycles. The van der Waals surface area contributed by atoms with E-state index < -0.39 is 10.0 Å². The summed E-state index contributed by atoms with van der Waals surface area (Å²) >= 11 is 0. The second-order valence-electron chi connectivity index (χ2n) is 7.13. The highest BCUT2D eigenvalue weighted by molar-refractivity contribution is 7.89. The SMILES string of the molecule is C=C1c2ccccc2C(=O)N1CCC(=O)Nc1ccc(OCC)c(S(=O)(=O)N(C)C)c1. The molecule has 2 amide bonds. The third kappa shape index (κ3) is 4.47. The topological polar surface area (TPSA) is 96.0 Å². The van der Waals surface area contributed by atoms with Gasteiger partial charge in [0.25, 0.3) is 5.91 Å². The molecule has 9 heteroatoms. The Morgan fingerprint density at radius 3 is 2.45 bits per heavy atom. The summed E-state index contributed by atoms with van der Waals surface area (Å²) in [6.45, 7) is 6.19. The van der Waals surface area contributed by atoms with Crippen molar-refractivity contribution in [1.82, 2.24) is 9.21 Å². The normalized spacial score (nSPS) is 13.5. The largest absolute Gasteiger partial charge is 0.492 e. The summed E-state index contributed by atoms with van der Waals surface area (Å²) in [5, 5.41) is 2.69. The van der Waals surface area contributed by atoms with Crippen LogP contribution in [0.15, 0.2) is 53.9 Å². The van der Waals surface area contributed by atoms with E-state index >= 15 is 0 Å². The second-order valence-corrected chi connectivity index (χ2v) is 9.25. The number of ether oxygens (including phenoxy) is 1. The average Bonchev–Trinajstić information content (AvgIpc) is 2.98. The van der Waals surface area contributed by atoms with Gasteiger partial charge in [0.1, 0.15) is 10.6 Å². The summed E-state index contributed by atoms with van der Waals surface area (Å²) in [5.41, 5.74) is 2.22. The summed E-state index contributed by atoms with van der Waals surface area (Å²) in [6, 6.07) is 11.6. The van der Waals surface area contributed by atoms with Crippen LogP contribution < -0.4 is 10.1 Å². The van der Waals surface area contributed by atoms with Crippen molar-refractivity contribution in [2.75, 3.05) is 32.6 Å². The molecule has 0 unspecified atom stereocenters. The molecule has 1 N–H and O–H groups in total. The molecule has 0 saturated carbocycles. The fourth-order valence-corrected chi connectivity index (χ4v) is 4.32. The molecule has 0 fully saturated rings. The molecule has 164 valence electrons. The number of nitrogens with zero attached hydrogens (tertiary/aromatic N) is 2. The Hall–Kier alpha value is -3.17. The van der Waals surface area contributed by atoms with Crippen molar-refractivity contribution in [1.29, 1.82) is 0 Å². The third-order valence-electron chi connectivity index (χ3n) is 4.89. The molecule has 0 radical (unpaired) electrons. The van der Waals surface area contributed by atoms with E-state index in [1.807, 2.05) is 12.1 Å². The molecule has 0 atom stereocenters. The number of nitrogens with one attached hydrogen (secondary N) is 1. The minimum atomic E-state index is -3.77. The van der Waals surface area contributed by atoms with Crippen LogP contribution in [-0.2, 0) is 14.8 Å². The smallest absolute Gasteiger partial charge is 0.258 e. The number of hydrogen-bond acceptors (Lipinski definition) is 5. The van der Waals surface area contributed by atoms with E-state index in [1.165, 1.54) is 31.1 Å². The summed E-state index contributed by atoms with van der Waals surface area (Å²) in [5.74, 6) is -0.325. The third-order valence-corrected chi connectivity index (χ3v) is 6.72. The van der Waals surface area contributed by atoms with Crippen molar-refractivity contribution in [3.63, 3.8) is 0 Å². The van der Waals surface area contributed by atoms with Gasteiger partial charge < -0.3 is 15.0 Å². The van der Waals surface area contributed by atoms with Gasteiger partial charge in [0, 0.05) is 49.6 Å². The van der Waals surface area contributed by atoms with Crippen LogP contribution in [0.25, 0.3) is 5.70 Å².